The fourth-order valence-corrected chi connectivity index (χ4v) is 6.41. The van der Waals surface area contributed by atoms with Gasteiger partial charge in [-0.05, 0) is 87.7 Å². The van der Waals surface area contributed by atoms with Crippen molar-refractivity contribution in [1.29, 1.82) is 5.41 Å². The highest BCUT2D eigenvalue weighted by molar-refractivity contribution is 6.09. The SMILES string of the molecule is C=C(/C=C\C=C/CNc1ccc(-c2cc(-c3ccc(C4=CC=CCC4)cc3)nc(-c3ccc(-c4ccccc4)cc3)c2)cc1)/C=C\C=C1/C=CC=CC1=N. The molecule has 0 atom stereocenters. The predicted molar refractivity (Wildman–Crippen MR) is 231 cm³/mol. The van der Waals surface area contributed by atoms with Crippen LogP contribution in [0.15, 0.2) is 218 Å². The summed E-state index contributed by atoms with van der Waals surface area (Å²) in [6, 6.07) is 41.0. The van der Waals surface area contributed by atoms with Gasteiger partial charge in [0.25, 0.3) is 0 Å². The zero-order valence-corrected chi connectivity index (χ0v) is 30.3. The van der Waals surface area contributed by atoms with Gasteiger partial charge in [-0.2, -0.15) is 0 Å². The molecule has 0 aliphatic heterocycles. The van der Waals surface area contributed by atoms with Crippen molar-refractivity contribution in [1.82, 2.24) is 4.98 Å². The number of benzene rings is 4. The molecule has 2 aliphatic rings. The highest BCUT2D eigenvalue weighted by Crippen LogP contribution is 2.33. The van der Waals surface area contributed by atoms with Crippen molar-refractivity contribution in [3.8, 4) is 44.8 Å². The van der Waals surface area contributed by atoms with Crippen LogP contribution in [0.5, 0.6) is 0 Å². The molecule has 2 N–H and O–H groups in total. The Labute approximate surface area is 319 Å². The standard InChI is InChI=1S/C51H43N3/c1-38(15-13-21-44-20-10-11-22-49(44)52)14-5-4-12-35-53-48-33-31-43(32-34-48)47-36-50(45-27-23-41(24-28-45)39-16-6-2-7-17-39)54-51(37-47)46-29-25-42(26-30-46)40-18-8-3-9-19-40/h2-8,10-18,20-34,36-37,52-53H,1,9,19,35H2/b12-4-,14-5-,15-13-,44-21+,52-49?. The van der Waals surface area contributed by atoms with Crippen LogP contribution in [-0.4, -0.2) is 17.2 Å². The van der Waals surface area contributed by atoms with E-state index in [1.165, 1.54) is 22.3 Å². The lowest BCUT2D eigenvalue weighted by atomic mass is 9.95. The molecule has 54 heavy (non-hydrogen) atoms. The zero-order valence-electron chi connectivity index (χ0n) is 30.3. The van der Waals surface area contributed by atoms with Crippen LogP contribution >= 0.6 is 0 Å². The topological polar surface area (TPSA) is 48.8 Å². The van der Waals surface area contributed by atoms with Gasteiger partial charge in [-0.25, -0.2) is 4.98 Å². The highest BCUT2D eigenvalue weighted by atomic mass is 14.8. The maximum absolute atomic E-state index is 7.95. The molecule has 3 heteroatoms. The van der Waals surface area contributed by atoms with E-state index in [-0.39, 0.29) is 0 Å². The van der Waals surface area contributed by atoms with Crippen LogP contribution in [0.25, 0.3) is 50.3 Å². The zero-order chi connectivity index (χ0) is 37.0. The first-order valence-corrected chi connectivity index (χ1v) is 18.4. The van der Waals surface area contributed by atoms with Crippen molar-refractivity contribution < 1.29 is 0 Å². The van der Waals surface area contributed by atoms with E-state index < -0.39 is 0 Å². The van der Waals surface area contributed by atoms with Crippen molar-refractivity contribution >= 4 is 17.0 Å². The van der Waals surface area contributed by atoms with Gasteiger partial charge in [0.05, 0.1) is 17.1 Å². The second-order valence-corrected chi connectivity index (χ2v) is 13.2. The number of hydrogen-bond acceptors (Lipinski definition) is 3. The van der Waals surface area contributed by atoms with Crippen molar-refractivity contribution in [2.75, 3.05) is 11.9 Å². The monoisotopic (exact) mass is 697 g/mol. The van der Waals surface area contributed by atoms with E-state index in [0.717, 1.165) is 63.3 Å². The van der Waals surface area contributed by atoms with Crippen LogP contribution in [-0.2, 0) is 0 Å². The van der Waals surface area contributed by atoms with Gasteiger partial charge in [-0.1, -0.05) is 177 Å². The molecule has 0 fully saturated rings. The Morgan fingerprint density at radius 1 is 0.648 bits per heavy atom. The maximum atomic E-state index is 7.95. The lowest BCUT2D eigenvalue weighted by molar-refractivity contribution is 1.05. The number of pyridine rings is 1. The molecule has 1 heterocycles. The van der Waals surface area contributed by atoms with Gasteiger partial charge in [0.2, 0.25) is 0 Å². The number of hydrogen-bond donors (Lipinski definition) is 2. The quantitative estimate of drug-likeness (QED) is 0.128. The number of allylic oxidation sites excluding steroid dienone is 16. The van der Waals surface area contributed by atoms with Gasteiger partial charge in [-0.15, -0.1) is 0 Å². The Balaban J connectivity index is 1.05. The molecule has 1 aromatic heterocycles. The largest absolute Gasteiger partial charge is 0.382 e. The summed E-state index contributed by atoms with van der Waals surface area (Å²) in [5.74, 6) is 0. The third-order valence-electron chi connectivity index (χ3n) is 9.43. The number of nitrogens with zero attached hydrogens (tertiary/aromatic N) is 1. The van der Waals surface area contributed by atoms with Gasteiger partial charge >= 0.3 is 0 Å². The van der Waals surface area contributed by atoms with Gasteiger partial charge in [0, 0.05) is 23.4 Å². The van der Waals surface area contributed by atoms with E-state index in [2.05, 4.69) is 145 Å². The molecule has 0 spiro atoms. The van der Waals surface area contributed by atoms with Gasteiger partial charge < -0.3 is 10.7 Å². The van der Waals surface area contributed by atoms with Gasteiger partial charge in [-0.3, -0.25) is 0 Å². The number of aromatic nitrogens is 1. The van der Waals surface area contributed by atoms with Gasteiger partial charge in [0.1, 0.15) is 0 Å². The van der Waals surface area contributed by atoms with Crippen molar-refractivity contribution in [2.45, 2.75) is 12.8 Å². The molecule has 5 aromatic rings. The minimum Gasteiger partial charge on any atom is -0.382 e. The van der Waals surface area contributed by atoms with Crippen molar-refractivity contribution in [3.05, 3.63) is 224 Å². The minimum absolute atomic E-state index is 0.512. The molecule has 4 aromatic carbocycles. The lowest BCUT2D eigenvalue weighted by Gasteiger charge is -2.13. The first-order chi connectivity index (χ1) is 26.6. The smallest absolute Gasteiger partial charge is 0.0715 e. The Hall–Kier alpha value is -6.84. The van der Waals surface area contributed by atoms with Crippen LogP contribution in [0.4, 0.5) is 5.69 Å². The van der Waals surface area contributed by atoms with Crippen LogP contribution < -0.4 is 5.32 Å². The molecule has 0 radical (unpaired) electrons. The van der Waals surface area contributed by atoms with Crippen molar-refractivity contribution in [2.24, 2.45) is 0 Å². The third kappa shape index (κ3) is 9.33. The second-order valence-electron chi connectivity index (χ2n) is 13.2. The summed E-state index contributed by atoms with van der Waals surface area (Å²) in [4.78, 5) is 5.20. The van der Waals surface area contributed by atoms with Crippen LogP contribution in [0.3, 0.4) is 0 Å². The van der Waals surface area contributed by atoms with Crippen LogP contribution in [0.2, 0.25) is 0 Å². The first kappa shape index (κ1) is 35.6. The van der Waals surface area contributed by atoms with E-state index >= 15 is 0 Å². The normalized spacial score (nSPS) is 14.8. The summed E-state index contributed by atoms with van der Waals surface area (Å²) < 4.78 is 0. The minimum atomic E-state index is 0.512. The summed E-state index contributed by atoms with van der Waals surface area (Å²) >= 11 is 0. The fraction of sp³-hybridized carbons (Fsp3) is 0.0588. The lowest BCUT2D eigenvalue weighted by Crippen LogP contribution is -1.97. The molecule has 262 valence electrons. The number of rotatable bonds is 12. The summed E-state index contributed by atoms with van der Waals surface area (Å²) in [7, 11) is 0. The Morgan fingerprint density at radius 2 is 1.26 bits per heavy atom. The van der Waals surface area contributed by atoms with E-state index in [0.29, 0.717) is 12.3 Å². The number of nitrogens with one attached hydrogen (secondary N) is 2. The second kappa shape index (κ2) is 17.6. The predicted octanol–water partition coefficient (Wildman–Crippen LogP) is 13.2. The summed E-state index contributed by atoms with van der Waals surface area (Å²) in [5, 5.41) is 11.4. The summed E-state index contributed by atoms with van der Waals surface area (Å²) in [6.07, 6.45) is 30.2. The summed E-state index contributed by atoms with van der Waals surface area (Å²) in [6.45, 7) is 4.79. The van der Waals surface area contributed by atoms with Gasteiger partial charge in [0.15, 0.2) is 0 Å². The highest BCUT2D eigenvalue weighted by Gasteiger charge is 2.11. The Bertz CT molecular complexity index is 2360. The molecular weight excluding hydrogens is 655 g/mol. The Morgan fingerprint density at radius 3 is 1.94 bits per heavy atom. The van der Waals surface area contributed by atoms with Crippen LogP contribution in [0, 0.1) is 5.41 Å². The molecule has 0 bridgehead atoms. The van der Waals surface area contributed by atoms with Crippen molar-refractivity contribution in [3.63, 3.8) is 0 Å². The fourth-order valence-electron chi connectivity index (χ4n) is 6.41. The summed E-state index contributed by atoms with van der Waals surface area (Å²) in [5.41, 5.74) is 14.7. The maximum Gasteiger partial charge on any atom is 0.0715 e. The molecule has 3 nitrogen and oxygen atoms in total. The first-order valence-electron chi connectivity index (χ1n) is 18.4. The molecule has 0 saturated carbocycles. The number of anilines is 1. The molecule has 0 unspecified atom stereocenters. The molecule has 0 saturated heterocycles. The van der Waals surface area contributed by atoms with E-state index in [1.54, 1.807) is 6.08 Å². The average molecular weight is 698 g/mol. The molecule has 0 amide bonds. The van der Waals surface area contributed by atoms with E-state index in [4.69, 9.17) is 10.4 Å². The van der Waals surface area contributed by atoms with E-state index in [9.17, 15) is 0 Å². The Kier molecular flexibility index (Phi) is 11.6. The molecule has 7 rings (SSSR count). The van der Waals surface area contributed by atoms with Crippen LogP contribution in [0.1, 0.15) is 18.4 Å². The molecule has 2 aliphatic carbocycles. The van der Waals surface area contributed by atoms with E-state index in [1.807, 2.05) is 60.8 Å². The molecular formula is C51H43N3. The average Bonchev–Trinajstić information content (AvgIpc) is 3.23. The third-order valence-corrected chi connectivity index (χ3v) is 9.43.